The average Bonchev–Trinajstić information content (AvgIpc) is 3.31. The summed E-state index contributed by atoms with van der Waals surface area (Å²) in [7, 11) is 0. The second-order valence-corrected chi connectivity index (χ2v) is 9.26. The van der Waals surface area contributed by atoms with E-state index >= 15 is 0 Å². The maximum absolute atomic E-state index is 13.3. The average molecular weight is 468 g/mol. The smallest absolute Gasteiger partial charge is 0.237 e. The number of fused-ring (bicyclic) bond motifs is 2. The Morgan fingerprint density at radius 2 is 1.80 bits per heavy atom. The van der Waals surface area contributed by atoms with E-state index in [1.54, 1.807) is 0 Å². The topological polar surface area (TPSA) is 73.1 Å². The van der Waals surface area contributed by atoms with Crippen LogP contribution in [0.15, 0.2) is 79.3 Å². The first-order valence-electron chi connectivity index (χ1n) is 12.5. The van der Waals surface area contributed by atoms with Crippen LogP contribution in [0, 0.1) is 0 Å². The molecule has 1 amide bonds. The van der Waals surface area contributed by atoms with Crippen molar-refractivity contribution < 1.29 is 4.79 Å². The molecule has 0 bridgehead atoms. The van der Waals surface area contributed by atoms with Gasteiger partial charge in [-0.25, -0.2) is 0 Å². The van der Waals surface area contributed by atoms with Crippen molar-refractivity contribution in [2.24, 2.45) is 0 Å². The lowest BCUT2D eigenvalue weighted by molar-refractivity contribution is -0.123. The van der Waals surface area contributed by atoms with Gasteiger partial charge in [-0.15, -0.1) is 0 Å². The van der Waals surface area contributed by atoms with Crippen LogP contribution in [0.2, 0.25) is 0 Å². The van der Waals surface area contributed by atoms with E-state index in [-0.39, 0.29) is 11.9 Å². The Bertz CT molecular complexity index is 1250. The molecular formula is C29H33N5O. The van der Waals surface area contributed by atoms with Crippen LogP contribution in [-0.4, -0.2) is 53.0 Å². The van der Waals surface area contributed by atoms with Gasteiger partial charge < -0.3 is 15.6 Å². The van der Waals surface area contributed by atoms with Crippen LogP contribution in [0.25, 0.3) is 10.9 Å². The second-order valence-electron chi connectivity index (χ2n) is 9.26. The van der Waals surface area contributed by atoms with Crippen LogP contribution in [0.1, 0.15) is 22.3 Å². The maximum atomic E-state index is 13.3. The molecule has 1 aliphatic rings. The van der Waals surface area contributed by atoms with Gasteiger partial charge >= 0.3 is 0 Å². The quantitative estimate of drug-likeness (QED) is 0.334. The van der Waals surface area contributed by atoms with Crippen LogP contribution in [-0.2, 0) is 30.6 Å². The molecule has 0 unspecified atom stereocenters. The lowest BCUT2D eigenvalue weighted by Gasteiger charge is -2.29. The number of aromatic amines is 1. The van der Waals surface area contributed by atoms with E-state index in [1.165, 1.54) is 22.1 Å². The lowest BCUT2D eigenvalue weighted by atomic mass is 10.00. The Morgan fingerprint density at radius 1 is 1.00 bits per heavy atom. The zero-order chi connectivity index (χ0) is 23.9. The molecule has 3 N–H and O–H groups in total. The van der Waals surface area contributed by atoms with Crippen LogP contribution < -0.4 is 10.6 Å². The minimum atomic E-state index is -0.293. The first-order chi connectivity index (χ1) is 17.3. The summed E-state index contributed by atoms with van der Waals surface area (Å²) >= 11 is 0. The van der Waals surface area contributed by atoms with Gasteiger partial charge in [0.25, 0.3) is 0 Å². The summed E-state index contributed by atoms with van der Waals surface area (Å²) in [6, 6.07) is 20.7. The van der Waals surface area contributed by atoms with Crippen molar-refractivity contribution in [2.45, 2.75) is 31.8 Å². The molecule has 5 rings (SSSR count). The van der Waals surface area contributed by atoms with Crippen molar-refractivity contribution in [3.63, 3.8) is 0 Å². The molecule has 2 aromatic carbocycles. The largest absolute Gasteiger partial charge is 0.361 e. The molecule has 0 saturated heterocycles. The fourth-order valence-corrected chi connectivity index (χ4v) is 4.92. The van der Waals surface area contributed by atoms with Gasteiger partial charge in [0, 0.05) is 55.7 Å². The highest BCUT2D eigenvalue weighted by Gasteiger charge is 2.21. The number of aromatic nitrogens is 2. The number of nitrogens with one attached hydrogen (secondary N) is 3. The van der Waals surface area contributed by atoms with Gasteiger partial charge in [0.15, 0.2) is 0 Å². The third-order valence-electron chi connectivity index (χ3n) is 6.91. The summed E-state index contributed by atoms with van der Waals surface area (Å²) < 4.78 is 0. The Labute approximate surface area is 206 Å². The number of benzene rings is 2. The number of carbonyl (C=O) groups excluding carboxylic acids is 1. The Balaban J connectivity index is 1.19. The molecule has 35 heavy (non-hydrogen) atoms. The van der Waals surface area contributed by atoms with Gasteiger partial charge in [-0.2, -0.15) is 0 Å². The third kappa shape index (κ3) is 5.96. The fraction of sp³-hybridized carbons (Fsp3) is 0.310. The summed E-state index contributed by atoms with van der Waals surface area (Å²) in [5.41, 5.74) is 6.32. The van der Waals surface area contributed by atoms with E-state index in [4.69, 9.17) is 0 Å². The molecule has 0 saturated carbocycles. The zero-order valence-corrected chi connectivity index (χ0v) is 20.0. The molecule has 0 radical (unpaired) electrons. The van der Waals surface area contributed by atoms with Crippen molar-refractivity contribution in [1.82, 2.24) is 25.5 Å². The van der Waals surface area contributed by atoms with Gasteiger partial charge in [0.1, 0.15) is 0 Å². The lowest BCUT2D eigenvalue weighted by Crippen LogP contribution is -2.48. The van der Waals surface area contributed by atoms with Crippen molar-refractivity contribution in [3.05, 3.63) is 102 Å². The number of carbonyl (C=O) groups is 1. The summed E-state index contributed by atoms with van der Waals surface area (Å²) in [5.74, 6) is 0.0578. The first-order valence-corrected chi connectivity index (χ1v) is 12.5. The molecule has 2 aromatic heterocycles. The van der Waals surface area contributed by atoms with Gasteiger partial charge in [0.2, 0.25) is 5.91 Å². The highest BCUT2D eigenvalue weighted by molar-refractivity contribution is 5.86. The van der Waals surface area contributed by atoms with Gasteiger partial charge in [-0.3, -0.25) is 14.7 Å². The van der Waals surface area contributed by atoms with Crippen LogP contribution in [0.3, 0.4) is 0 Å². The van der Waals surface area contributed by atoms with Crippen LogP contribution in [0.4, 0.5) is 0 Å². The van der Waals surface area contributed by atoms with Crippen LogP contribution >= 0.6 is 0 Å². The predicted octanol–water partition coefficient (Wildman–Crippen LogP) is 3.48. The minimum Gasteiger partial charge on any atom is -0.361 e. The molecule has 3 heterocycles. The number of amides is 1. The maximum Gasteiger partial charge on any atom is 0.237 e. The van der Waals surface area contributed by atoms with Crippen molar-refractivity contribution in [1.29, 1.82) is 0 Å². The SMILES string of the molecule is O=C(NCCN1CCc2ccccc2C1)[C@@H](Cc1c[nH]c2ccccc12)NCCc1ccncc1. The highest BCUT2D eigenvalue weighted by atomic mass is 16.2. The van der Waals surface area contributed by atoms with Crippen molar-refractivity contribution in [2.75, 3.05) is 26.2 Å². The molecule has 180 valence electrons. The molecule has 4 aromatic rings. The molecule has 6 nitrogen and oxygen atoms in total. The molecular weight excluding hydrogens is 434 g/mol. The minimum absolute atomic E-state index is 0.0578. The van der Waals surface area contributed by atoms with E-state index in [0.717, 1.165) is 50.1 Å². The van der Waals surface area contributed by atoms with Crippen LogP contribution in [0.5, 0.6) is 0 Å². The molecule has 0 aliphatic carbocycles. The predicted molar refractivity (Wildman–Crippen MR) is 140 cm³/mol. The first kappa shape index (κ1) is 23.3. The van der Waals surface area contributed by atoms with Gasteiger partial charge in [-0.1, -0.05) is 42.5 Å². The van der Waals surface area contributed by atoms with Gasteiger partial charge in [-0.05, 0) is 66.3 Å². The molecule has 0 fully saturated rings. The number of H-pyrrole nitrogens is 1. The number of para-hydroxylation sites is 1. The van der Waals surface area contributed by atoms with E-state index in [0.29, 0.717) is 13.0 Å². The highest BCUT2D eigenvalue weighted by Crippen LogP contribution is 2.20. The summed E-state index contributed by atoms with van der Waals surface area (Å²) in [6.45, 7) is 4.23. The fourth-order valence-electron chi connectivity index (χ4n) is 4.92. The van der Waals surface area contributed by atoms with E-state index in [1.807, 2.05) is 42.9 Å². The summed E-state index contributed by atoms with van der Waals surface area (Å²) in [5, 5.41) is 7.89. The Morgan fingerprint density at radius 3 is 2.69 bits per heavy atom. The molecule has 0 spiro atoms. The van der Waals surface area contributed by atoms with E-state index in [9.17, 15) is 4.79 Å². The summed E-state index contributed by atoms with van der Waals surface area (Å²) in [6.07, 6.45) is 8.22. The monoisotopic (exact) mass is 467 g/mol. The number of rotatable bonds is 10. The molecule has 1 atom stereocenters. The second kappa shape index (κ2) is 11.3. The standard InChI is InChI=1S/C29H33N5O/c35-29(32-16-18-34-17-12-23-5-1-2-6-24(23)21-34)28(31-15-11-22-9-13-30-14-10-22)19-25-20-33-27-8-4-3-7-26(25)27/h1-10,13-14,20,28,31,33H,11-12,15-19,21H2,(H,32,35)/t28-/m1/s1. The van der Waals surface area contributed by atoms with E-state index < -0.39 is 0 Å². The number of pyridine rings is 1. The zero-order valence-electron chi connectivity index (χ0n) is 20.0. The molecule has 1 aliphatic heterocycles. The molecule has 6 heteroatoms. The number of hydrogen-bond acceptors (Lipinski definition) is 4. The number of hydrogen-bond donors (Lipinski definition) is 3. The number of nitrogens with zero attached hydrogens (tertiary/aromatic N) is 2. The van der Waals surface area contributed by atoms with Crippen molar-refractivity contribution in [3.8, 4) is 0 Å². The summed E-state index contributed by atoms with van der Waals surface area (Å²) in [4.78, 5) is 23.1. The Kier molecular flexibility index (Phi) is 7.51. The van der Waals surface area contributed by atoms with Gasteiger partial charge in [0.05, 0.1) is 6.04 Å². The Hall–Kier alpha value is -3.48. The third-order valence-corrected chi connectivity index (χ3v) is 6.91. The van der Waals surface area contributed by atoms with Crippen molar-refractivity contribution >= 4 is 16.8 Å². The van der Waals surface area contributed by atoms with E-state index in [2.05, 4.69) is 61.9 Å². The normalized spacial score (nSPS) is 14.5.